The van der Waals surface area contributed by atoms with Crippen molar-refractivity contribution >= 4 is 12.2 Å². The number of benzene rings is 3. The van der Waals surface area contributed by atoms with Crippen LogP contribution in [0.3, 0.4) is 0 Å². The monoisotopic (exact) mass is 288 g/mol. The number of rotatable bonds is 3. The van der Waals surface area contributed by atoms with E-state index in [1.165, 1.54) is 0 Å². The molecule has 0 aromatic heterocycles. The van der Waals surface area contributed by atoms with Gasteiger partial charge < -0.3 is 10.2 Å². The lowest BCUT2D eigenvalue weighted by Crippen LogP contribution is -1.85. The molecule has 0 saturated carbocycles. The summed E-state index contributed by atoms with van der Waals surface area (Å²) in [6, 6.07) is 22.4. The largest absolute Gasteiger partial charge is 0.507 e. The zero-order valence-electron chi connectivity index (χ0n) is 12.0. The molecular formula is C20H16O2. The Kier molecular flexibility index (Phi) is 3.92. The number of aromatic hydroxyl groups is 2. The Bertz CT molecular complexity index is 785. The fourth-order valence-electron chi connectivity index (χ4n) is 2.42. The Hall–Kier alpha value is -3.00. The molecule has 0 amide bonds. The lowest BCUT2D eigenvalue weighted by atomic mass is 9.97. The van der Waals surface area contributed by atoms with Crippen LogP contribution in [0.4, 0.5) is 0 Å². The third-order valence-corrected chi connectivity index (χ3v) is 3.51. The first kappa shape index (κ1) is 14.0. The lowest BCUT2D eigenvalue weighted by Gasteiger charge is -2.10. The molecule has 3 rings (SSSR count). The van der Waals surface area contributed by atoms with E-state index >= 15 is 0 Å². The molecule has 2 N–H and O–H groups in total. The summed E-state index contributed by atoms with van der Waals surface area (Å²) < 4.78 is 0. The van der Waals surface area contributed by atoms with Crippen LogP contribution in [-0.4, -0.2) is 10.2 Å². The molecule has 2 nitrogen and oxygen atoms in total. The van der Waals surface area contributed by atoms with Gasteiger partial charge in [0.2, 0.25) is 0 Å². The van der Waals surface area contributed by atoms with Crippen LogP contribution in [0, 0.1) is 0 Å². The first-order valence-electron chi connectivity index (χ1n) is 7.09. The molecule has 0 radical (unpaired) electrons. The van der Waals surface area contributed by atoms with Crippen LogP contribution in [0.1, 0.15) is 11.1 Å². The zero-order valence-corrected chi connectivity index (χ0v) is 12.0. The van der Waals surface area contributed by atoms with Crippen molar-refractivity contribution < 1.29 is 10.2 Å². The average Bonchev–Trinajstić information content (AvgIpc) is 2.55. The minimum atomic E-state index is 0.0700. The van der Waals surface area contributed by atoms with Crippen LogP contribution in [-0.2, 0) is 0 Å². The van der Waals surface area contributed by atoms with Crippen molar-refractivity contribution in [3.05, 3.63) is 83.9 Å². The summed E-state index contributed by atoms with van der Waals surface area (Å²) in [5.74, 6) is 0.140. The van der Waals surface area contributed by atoms with Crippen LogP contribution in [0.5, 0.6) is 11.5 Å². The minimum Gasteiger partial charge on any atom is -0.507 e. The van der Waals surface area contributed by atoms with Crippen molar-refractivity contribution in [2.75, 3.05) is 0 Å². The Morgan fingerprint density at radius 1 is 0.591 bits per heavy atom. The van der Waals surface area contributed by atoms with Gasteiger partial charge in [0, 0.05) is 0 Å². The van der Waals surface area contributed by atoms with Gasteiger partial charge in [0.25, 0.3) is 0 Å². The molecule has 3 aromatic rings. The van der Waals surface area contributed by atoms with Crippen molar-refractivity contribution in [3.63, 3.8) is 0 Å². The van der Waals surface area contributed by atoms with Gasteiger partial charge in [0.1, 0.15) is 11.5 Å². The first-order valence-corrected chi connectivity index (χ1v) is 7.09. The molecule has 0 aliphatic rings. The van der Waals surface area contributed by atoms with Gasteiger partial charge in [-0.3, -0.25) is 0 Å². The molecule has 22 heavy (non-hydrogen) atoms. The minimum absolute atomic E-state index is 0.0700. The molecule has 0 spiro atoms. The average molecular weight is 288 g/mol. The maximum Gasteiger partial charge on any atom is 0.127 e. The number of hydrogen-bond acceptors (Lipinski definition) is 2. The van der Waals surface area contributed by atoms with Crippen molar-refractivity contribution in [1.29, 1.82) is 0 Å². The highest BCUT2D eigenvalue weighted by molar-refractivity contribution is 5.85. The van der Waals surface area contributed by atoms with Crippen LogP contribution in [0.25, 0.3) is 23.3 Å². The summed E-state index contributed by atoms with van der Waals surface area (Å²) in [6.07, 6.45) is 3.99. The van der Waals surface area contributed by atoms with Crippen LogP contribution in [0.2, 0.25) is 0 Å². The van der Waals surface area contributed by atoms with Crippen LogP contribution >= 0.6 is 0 Å². The topological polar surface area (TPSA) is 40.5 Å². The van der Waals surface area contributed by atoms with E-state index in [1.807, 2.05) is 66.7 Å². The molecule has 0 heterocycles. The fourth-order valence-corrected chi connectivity index (χ4v) is 2.42. The number of phenolic OH excluding ortho intramolecular Hbond substituents is 2. The van der Waals surface area contributed by atoms with Gasteiger partial charge >= 0.3 is 0 Å². The van der Waals surface area contributed by atoms with Crippen LogP contribution < -0.4 is 0 Å². The summed E-state index contributed by atoms with van der Waals surface area (Å²) in [5.41, 5.74) is 3.28. The molecule has 0 unspecified atom stereocenters. The summed E-state index contributed by atoms with van der Waals surface area (Å²) in [6.45, 7) is 0. The highest BCUT2D eigenvalue weighted by Gasteiger charge is 2.11. The summed E-state index contributed by atoms with van der Waals surface area (Å²) in [5, 5.41) is 20.1. The quantitative estimate of drug-likeness (QED) is 0.670. The summed E-state index contributed by atoms with van der Waals surface area (Å²) >= 11 is 0. The summed E-state index contributed by atoms with van der Waals surface area (Å²) in [7, 11) is 0. The second-order valence-corrected chi connectivity index (χ2v) is 5.00. The second kappa shape index (κ2) is 6.19. The smallest absolute Gasteiger partial charge is 0.127 e. The molecule has 108 valence electrons. The predicted molar refractivity (Wildman–Crippen MR) is 90.6 cm³/mol. The van der Waals surface area contributed by atoms with Crippen molar-refractivity contribution in [2.24, 2.45) is 0 Å². The Morgan fingerprint density at radius 2 is 1.23 bits per heavy atom. The fraction of sp³-hybridized carbons (Fsp3) is 0. The van der Waals surface area contributed by atoms with E-state index in [4.69, 9.17) is 0 Å². The molecule has 0 saturated heterocycles. The normalized spacial score (nSPS) is 10.9. The number of hydrogen-bond donors (Lipinski definition) is 2. The molecule has 2 heteroatoms. The van der Waals surface area contributed by atoms with Gasteiger partial charge in [0.15, 0.2) is 0 Å². The van der Waals surface area contributed by atoms with Gasteiger partial charge in [-0.05, 0) is 28.8 Å². The van der Waals surface area contributed by atoms with E-state index in [2.05, 4.69) is 0 Å². The van der Waals surface area contributed by atoms with Crippen molar-refractivity contribution in [3.8, 4) is 22.6 Å². The molecule has 0 fully saturated rings. The molecule has 3 aromatic carbocycles. The highest BCUT2D eigenvalue weighted by Crippen LogP contribution is 2.39. The van der Waals surface area contributed by atoms with Crippen LogP contribution in [0.15, 0.2) is 72.8 Å². The number of phenols is 2. The standard InChI is InChI=1S/C20H16O2/c21-18-11-6-12-19(22)20(18)17-10-5-4-9-16(17)14-13-15-7-2-1-3-8-15/h1-14,21-22H. The van der Waals surface area contributed by atoms with Gasteiger partial charge in [-0.25, -0.2) is 0 Å². The van der Waals surface area contributed by atoms with E-state index < -0.39 is 0 Å². The van der Waals surface area contributed by atoms with E-state index in [-0.39, 0.29) is 11.5 Å². The molecule has 0 bridgehead atoms. The molecule has 0 aliphatic carbocycles. The lowest BCUT2D eigenvalue weighted by molar-refractivity contribution is 0.454. The summed E-state index contributed by atoms with van der Waals surface area (Å²) in [4.78, 5) is 0. The Labute approximate surface area is 129 Å². The van der Waals surface area contributed by atoms with Gasteiger partial charge in [-0.1, -0.05) is 72.8 Å². The SMILES string of the molecule is Oc1cccc(O)c1-c1ccccc1C=Cc1ccccc1. The van der Waals surface area contributed by atoms with Gasteiger partial charge in [-0.15, -0.1) is 0 Å². The maximum atomic E-state index is 10.1. The van der Waals surface area contributed by atoms with E-state index in [0.717, 1.165) is 16.7 Å². The van der Waals surface area contributed by atoms with Crippen molar-refractivity contribution in [2.45, 2.75) is 0 Å². The van der Waals surface area contributed by atoms with E-state index in [0.29, 0.717) is 5.56 Å². The van der Waals surface area contributed by atoms with E-state index in [9.17, 15) is 10.2 Å². The molecular weight excluding hydrogens is 272 g/mol. The molecule has 0 atom stereocenters. The Balaban J connectivity index is 2.06. The van der Waals surface area contributed by atoms with Gasteiger partial charge in [0.05, 0.1) is 5.56 Å². The Morgan fingerprint density at radius 3 is 1.95 bits per heavy atom. The third kappa shape index (κ3) is 2.86. The zero-order chi connectivity index (χ0) is 15.4. The highest BCUT2D eigenvalue weighted by atomic mass is 16.3. The first-order chi connectivity index (χ1) is 10.8. The van der Waals surface area contributed by atoms with E-state index in [1.54, 1.807) is 18.2 Å². The van der Waals surface area contributed by atoms with Gasteiger partial charge in [-0.2, -0.15) is 0 Å². The molecule has 0 aliphatic heterocycles. The predicted octanol–water partition coefficient (Wildman–Crippen LogP) is 4.94. The van der Waals surface area contributed by atoms with Crippen molar-refractivity contribution in [1.82, 2.24) is 0 Å². The maximum absolute atomic E-state index is 10.1. The second-order valence-electron chi connectivity index (χ2n) is 5.00. The third-order valence-electron chi connectivity index (χ3n) is 3.51.